The number of esters is 1. The molecule has 0 bridgehead atoms. The van der Waals surface area contributed by atoms with Gasteiger partial charge in [0.05, 0.1) is 26.1 Å². The van der Waals surface area contributed by atoms with Crippen LogP contribution in [0.3, 0.4) is 0 Å². The molecule has 1 aliphatic carbocycles. The van der Waals surface area contributed by atoms with Crippen LogP contribution in [0.5, 0.6) is 11.5 Å². The zero-order chi connectivity index (χ0) is 21.8. The van der Waals surface area contributed by atoms with E-state index in [1.165, 1.54) is 21.1 Å². The Hall–Kier alpha value is -3.36. The van der Waals surface area contributed by atoms with Crippen LogP contribution in [0.1, 0.15) is 19.8 Å². The summed E-state index contributed by atoms with van der Waals surface area (Å²) in [6.07, 6.45) is 4.72. The Morgan fingerprint density at radius 2 is 1.67 bits per heavy atom. The summed E-state index contributed by atoms with van der Waals surface area (Å²) >= 11 is 0. The Kier molecular flexibility index (Phi) is 6.39. The van der Waals surface area contributed by atoms with Crippen LogP contribution >= 0.6 is 0 Å². The van der Waals surface area contributed by atoms with Crippen molar-refractivity contribution in [3.8, 4) is 11.5 Å². The molecule has 2 aliphatic rings. The second-order valence-corrected chi connectivity index (χ2v) is 7.10. The number of anilines is 1. The summed E-state index contributed by atoms with van der Waals surface area (Å²) in [6.45, 7) is 0.872. The van der Waals surface area contributed by atoms with Gasteiger partial charge in [0.2, 0.25) is 11.8 Å². The third-order valence-electron chi connectivity index (χ3n) is 5.28. The Morgan fingerprint density at radius 1 is 1.07 bits per heavy atom. The highest BCUT2D eigenvalue weighted by molar-refractivity contribution is 6.08. The largest absolute Gasteiger partial charge is 0.493 e. The zero-order valence-electron chi connectivity index (χ0n) is 17.0. The molecule has 3 amide bonds. The van der Waals surface area contributed by atoms with E-state index in [-0.39, 0.29) is 11.8 Å². The minimum absolute atomic E-state index is 0.367. The van der Waals surface area contributed by atoms with Gasteiger partial charge in [0, 0.05) is 11.8 Å². The number of benzene rings is 1. The van der Waals surface area contributed by atoms with Crippen LogP contribution in [-0.4, -0.2) is 55.5 Å². The average molecular weight is 416 g/mol. The molecule has 30 heavy (non-hydrogen) atoms. The topological polar surface area (TPSA) is 111 Å². The fourth-order valence-electron chi connectivity index (χ4n) is 3.68. The zero-order valence-corrected chi connectivity index (χ0v) is 17.0. The maximum Gasteiger partial charge on any atom is 0.329 e. The molecule has 1 fully saturated rings. The molecule has 1 aromatic rings. The van der Waals surface area contributed by atoms with E-state index in [0.717, 1.165) is 4.90 Å². The lowest BCUT2D eigenvalue weighted by molar-refractivity contribution is -0.159. The molecule has 1 heterocycles. The number of likely N-dealkylation sites (tertiary alicyclic amines) is 1. The van der Waals surface area contributed by atoms with Gasteiger partial charge < -0.3 is 19.5 Å². The third-order valence-corrected chi connectivity index (χ3v) is 5.28. The lowest BCUT2D eigenvalue weighted by atomic mass is 9.85. The van der Waals surface area contributed by atoms with Gasteiger partial charge in [0.15, 0.2) is 18.1 Å². The van der Waals surface area contributed by atoms with Gasteiger partial charge in [-0.15, -0.1) is 0 Å². The maximum absolute atomic E-state index is 12.6. The first-order chi connectivity index (χ1) is 14.4. The molecule has 9 heteroatoms. The molecular formula is C21H24N2O7. The highest BCUT2D eigenvalue weighted by Crippen LogP contribution is 2.36. The van der Waals surface area contributed by atoms with E-state index < -0.39 is 36.4 Å². The van der Waals surface area contributed by atoms with E-state index in [0.29, 0.717) is 30.0 Å². The van der Waals surface area contributed by atoms with Gasteiger partial charge in [-0.3, -0.25) is 19.3 Å². The molecule has 1 saturated heterocycles. The molecular weight excluding hydrogens is 392 g/mol. The predicted octanol–water partition coefficient (Wildman–Crippen LogP) is 1.53. The Bertz CT molecular complexity index is 869. The van der Waals surface area contributed by atoms with Gasteiger partial charge in [-0.05, 0) is 31.9 Å². The van der Waals surface area contributed by atoms with Crippen molar-refractivity contribution in [2.75, 3.05) is 26.1 Å². The summed E-state index contributed by atoms with van der Waals surface area (Å²) in [4.78, 5) is 50.6. The number of hydrogen-bond donors (Lipinski definition) is 1. The highest BCUT2D eigenvalue weighted by Gasteiger charge is 2.50. The number of allylic oxidation sites excluding steroid dienone is 2. The summed E-state index contributed by atoms with van der Waals surface area (Å²) in [5, 5.41) is 2.58. The molecule has 1 aliphatic heterocycles. The number of fused-ring (bicyclic) bond motifs is 1. The third kappa shape index (κ3) is 4.14. The number of rotatable bonds is 7. The number of ether oxygens (including phenoxy) is 3. The van der Waals surface area contributed by atoms with Crippen molar-refractivity contribution >= 4 is 29.4 Å². The maximum atomic E-state index is 12.6. The number of hydrogen-bond acceptors (Lipinski definition) is 7. The van der Waals surface area contributed by atoms with E-state index in [9.17, 15) is 19.2 Å². The number of imide groups is 1. The molecule has 0 unspecified atom stereocenters. The number of nitrogens with one attached hydrogen (secondary N) is 1. The van der Waals surface area contributed by atoms with Crippen LogP contribution in [0.15, 0.2) is 30.4 Å². The van der Waals surface area contributed by atoms with Crippen molar-refractivity contribution < 1.29 is 33.4 Å². The van der Waals surface area contributed by atoms with E-state index >= 15 is 0 Å². The molecule has 0 aromatic heterocycles. The van der Waals surface area contributed by atoms with Crippen LogP contribution in [0.4, 0.5) is 5.69 Å². The first-order valence-electron chi connectivity index (χ1n) is 9.57. The van der Waals surface area contributed by atoms with Crippen molar-refractivity contribution in [1.29, 1.82) is 0 Å². The highest BCUT2D eigenvalue weighted by atomic mass is 16.5. The van der Waals surface area contributed by atoms with Crippen LogP contribution < -0.4 is 14.8 Å². The summed E-state index contributed by atoms with van der Waals surface area (Å²) in [7, 11) is 2.97. The molecule has 1 aromatic carbocycles. The second kappa shape index (κ2) is 8.98. The van der Waals surface area contributed by atoms with E-state index in [1.807, 2.05) is 12.2 Å². The monoisotopic (exact) mass is 416 g/mol. The lowest BCUT2D eigenvalue weighted by Gasteiger charge is -2.21. The SMILES string of the molecule is COc1ccc(NC(=O)COC(=O)[C@H](C)N2C(=O)[C@@H]3CC=CC[C@H]3C2=O)cc1OC. The van der Waals surface area contributed by atoms with Crippen LogP contribution in [0.25, 0.3) is 0 Å². The van der Waals surface area contributed by atoms with Crippen LogP contribution in [0, 0.1) is 11.8 Å². The summed E-state index contributed by atoms with van der Waals surface area (Å²) in [5.74, 6) is -2.03. The number of carbonyl (C=O) groups is 4. The first kappa shape index (κ1) is 21.4. The Morgan fingerprint density at radius 3 is 2.23 bits per heavy atom. The van der Waals surface area contributed by atoms with Gasteiger partial charge in [-0.2, -0.15) is 0 Å². The van der Waals surface area contributed by atoms with E-state index in [1.54, 1.807) is 18.2 Å². The predicted molar refractivity (Wildman–Crippen MR) is 106 cm³/mol. The van der Waals surface area contributed by atoms with Crippen molar-refractivity contribution in [2.24, 2.45) is 11.8 Å². The second-order valence-electron chi connectivity index (χ2n) is 7.10. The number of methoxy groups -OCH3 is 2. The number of nitrogens with zero attached hydrogens (tertiary/aromatic N) is 1. The smallest absolute Gasteiger partial charge is 0.329 e. The molecule has 0 radical (unpaired) electrons. The molecule has 9 nitrogen and oxygen atoms in total. The average Bonchev–Trinajstić information content (AvgIpc) is 3.01. The van der Waals surface area contributed by atoms with E-state index in [4.69, 9.17) is 14.2 Å². The van der Waals surface area contributed by atoms with Crippen molar-refractivity contribution in [2.45, 2.75) is 25.8 Å². The van der Waals surface area contributed by atoms with E-state index in [2.05, 4.69) is 5.32 Å². The minimum Gasteiger partial charge on any atom is -0.493 e. The van der Waals surface area contributed by atoms with Gasteiger partial charge in [0.25, 0.3) is 5.91 Å². The molecule has 0 saturated carbocycles. The molecule has 3 rings (SSSR count). The van der Waals surface area contributed by atoms with Crippen molar-refractivity contribution in [1.82, 2.24) is 4.90 Å². The molecule has 1 N–H and O–H groups in total. The van der Waals surface area contributed by atoms with Crippen molar-refractivity contribution in [3.63, 3.8) is 0 Å². The molecule has 0 spiro atoms. The summed E-state index contributed by atoms with van der Waals surface area (Å²) < 4.78 is 15.3. The lowest BCUT2D eigenvalue weighted by Crippen LogP contribution is -2.45. The quantitative estimate of drug-likeness (QED) is 0.408. The Labute approximate surface area is 174 Å². The summed E-state index contributed by atoms with van der Waals surface area (Å²) in [5.41, 5.74) is 0.434. The minimum atomic E-state index is -1.09. The van der Waals surface area contributed by atoms with Crippen LogP contribution in [-0.2, 0) is 23.9 Å². The first-order valence-corrected chi connectivity index (χ1v) is 9.57. The standard InChI is InChI=1S/C21H24N2O7/c1-12(23-19(25)14-6-4-5-7-15(14)20(23)26)21(27)30-11-18(24)22-13-8-9-16(28-2)17(10-13)29-3/h4-5,8-10,12,14-15H,6-7,11H2,1-3H3,(H,22,24)/t12-,14+,15+/m0/s1. The van der Waals surface area contributed by atoms with Gasteiger partial charge in [-0.25, -0.2) is 4.79 Å². The fourth-order valence-corrected chi connectivity index (χ4v) is 3.68. The van der Waals surface area contributed by atoms with Gasteiger partial charge in [0.1, 0.15) is 6.04 Å². The normalized spacial score (nSPS) is 21.1. The fraction of sp³-hybridized carbons (Fsp3) is 0.429. The van der Waals surface area contributed by atoms with Crippen molar-refractivity contribution in [3.05, 3.63) is 30.4 Å². The molecule has 3 atom stereocenters. The van der Waals surface area contributed by atoms with Gasteiger partial charge in [-0.1, -0.05) is 12.2 Å². The molecule has 160 valence electrons. The van der Waals surface area contributed by atoms with Crippen LogP contribution in [0.2, 0.25) is 0 Å². The number of carbonyl (C=O) groups excluding carboxylic acids is 4. The Balaban J connectivity index is 1.55. The van der Waals surface area contributed by atoms with Gasteiger partial charge >= 0.3 is 5.97 Å². The number of amides is 3. The summed E-state index contributed by atoms with van der Waals surface area (Å²) in [6, 6.07) is 3.71.